The average Bonchev–Trinajstić information content (AvgIpc) is 2.64. The molecule has 0 aromatic rings. The zero-order valence-electron chi connectivity index (χ0n) is 10.8. The van der Waals surface area contributed by atoms with Crippen molar-refractivity contribution in [2.45, 2.75) is 77.2 Å². The van der Waals surface area contributed by atoms with Crippen LogP contribution in [0.4, 0.5) is 0 Å². The van der Waals surface area contributed by atoms with E-state index in [2.05, 4.69) is 13.0 Å². The zero-order valence-corrected chi connectivity index (χ0v) is 10.8. The molecular formula is C15H27N. The van der Waals surface area contributed by atoms with Crippen LogP contribution in [0.1, 0.15) is 71.1 Å². The molecule has 2 aliphatic carbocycles. The summed E-state index contributed by atoms with van der Waals surface area (Å²) in [6.45, 7) is 2.34. The Labute approximate surface area is 100 Å². The summed E-state index contributed by atoms with van der Waals surface area (Å²) in [5.41, 5.74) is 8.64. The fraction of sp³-hybridized carbons (Fsp3) is 0.867. The summed E-state index contributed by atoms with van der Waals surface area (Å²) in [5.74, 6) is 0. The highest BCUT2D eigenvalue weighted by atomic mass is 14.7. The first-order valence-electron chi connectivity index (χ1n) is 7.23. The molecule has 0 heterocycles. The van der Waals surface area contributed by atoms with Gasteiger partial charge in [0.1, 0.15) is 0 Å². The fourth-order valence-electron chi connectivity index (χ4n) is 3.68. The van der Waals surface area contributed by atoms with E-state index in [0.29, 0.717) is 11.5 Å². The Morgan fingerprint density at radius 2 is 1.94 bits per heavy atom. The lowest BCUT2D eigenvalue weighted by molar-refractivity contribution is 0.240. The summed E-state index contributed by atoms with van der Waals surface area (Å²) in [6.07, 6.45) is 15.9. The van der Waals surface area contributed by atoms with Crippen LogP contribution in [-0.4, -0.2) is 6.04 Å². The molecule has 92 valence electrons. The van der Waals surface area contributed by atoms with Crippen LogP contribution >= 0.6 is 0 Å². The van der Waals surface area contributed by atoms with Gasteiger partial charge in [0, 0.05) is 6.04 Å². The Bertz CT molecular complexity index is 248. The van der Waals surface area contributed by atoms with Gasteiger partial charge in [0.25, 0.3) is 0 Å². The molecule has 1 atom stereocenters. The maximum Gasteiger partial charge on any atom is 0.0310 e. The Kier molecular flexibility index (Phi) is 4.07. The standard InChI is InChI=1S/C15H27N/c1-2-15(11-7-8-12-15)14(16)13-9-5-3-4-6-10-13/h9,14H,2-8,10-12,16H2,1H3. The normalized spacial score (nSPS) is 27.2. The van der Waals surface area contributed by atoms with Crippen molar-refractivity contribution in [2.24, 2.45) is 11.1 Å². The fourth-order valence-corrected chi connectivity index (χ4v) is 3.68. The van der Waals surface area contributed by atoms with Gasteiger partial charge in [-0.25, -0.2) is 0 Å². The summed E-state index contributed by atoms with van der Waals surface area (Å²) in [6, 6.07) is 0.359. The number of allylic oxidation sites excluding steroid dienone is 1. The molecule has 0 aromatic carbocycles. The average molecular weight is 221 g/mol. The molecule has 1 saturated carbocycles. The van der Waals surface area contributed by atoms with Crippen molar-refractivity contribution < 1.29 is 0 Å². The predicted molar refractivity (Wildman–Crippen MR) is 70.3 cm³/mol. The second-order valence-corrected chi connectivity index (χ2v) is 5.78. The summed E-state index contributed by atoms with van der Waals surface area (Å²) in [7, 11) is 0. The third kappa shape index (κ3) is 2.34. The SMILES string of the molecule is CCC1(C(N)C2=CCCCCC2)CCCC1. The van der Waals surface area contributed by atoms with Gasteiger partial charge < -0.3 is 5.73 Å². The second kappa shape index (κ2) is 5.35. The van der Waals surface area contributed by atoms with Gasteiger partial charge in [-0.05, 0) is 50.4 Å². The summed E-state index contributed by atoms with van der Waals surface area (Å²) in [4.78, 5) is 0. The summed E-state index contributed by atoms with van der Waals surface area (Å²) >= 11 is 0. The second-order valence-electron chi connectivity index (χ2n) is 5.78. The largest absolute Gasteiger partial charge is 0.324 e. The molecule has 1 nitrogen and oxygen atoms in total. The molecule has 2 rings (SSSR count). The van der Waals surface area contributed by atoms with E-state index in [1.807, 2.05) is 0 Å². The Hall–Kier alpha value is -0.300. The van der Waals surface area contributed by atoms with Gasteiger partial charge in [0.15, 0.2) is 0 Å². The van der Waals surface area contributed by atoms with Crippen molar-refractivity contribution in [2.75, 3.05) is 0 Å². The molecule has 2 N–H and O–H groups in total. The van der Waals surface area contributed by atoms with Gasteiger partial charge in [-0.1, -0.05) is 37.8 Å². The first-order chi connectivity index (χ1) is 7.78. The minimum Gasteiger partial charge on any atom is -0.324 e. The van der Waals surface area contributed by atoms with E-state index in [-0.39, 0.29) is 0 Å². The van der Waals surface area contributed by atoms with E-state index in [1.54, 1.807) is 5.57 Å². The molecule has 1 fully saturated rings. The Morgan fingerprint density at radius 3 is 2.62 bits per heavy atom. The van der Waals surface area contributed by atoms with Crippen LogP contribution in [0.5, 0.6) is 0 Å². The van der Waals surface area contributed by atoms with Crippen LogP contribution in [0.15, 0.2) is 11.6 Å². The van der Waals surface area contributed by atoms with Gasteiger partial charge >= 0.3 is 0 Å². The van der Waals surface area contributed by atoms with E-state index in [0.717, 1.165) is 0 Å². The van der Waals surface area contributed by atoms with E-state index < -0.39 is 0 Å². The van der Waals surface area contributed by atoms with E-state index in [1.165, 1.54) is 64.2 Å². The Balaban J connectivity index is 2.09. The lowest BCUT2D eigenvalue weighted by Crippen LogP contribution is -2.41. The molecule has 0 aromatic heterocycles. The number of rotatable bonds is 3. The van der Waals surface area contributed by atoms with E-state index in [9.17, 15) is 0 Å². The first-order valence-corrected chi connectivity index (χ1v) is 7.23. The third-order valence-corrected chi connectivity index (χ3v) is 4.94. The summed E-state index contributed by atoms with van der Waals surface area (Å²) < 4.78 is 0. The maximum absolute atomic E-state index is 6.60. The number of hydrogen-bond acceptors (Lipinski definition) is 1. The summed E-state index contributed by atoms with van der Waals surface area (Å²) in [5, 5.41) is 0. The van der Waals surface area contributed by atoms with E-state index >= 15 is 0 Å². The van der Waals surface area contributed by atoms with Crippen molar-refractivity contribution in [3.63, 3.8) is 0 Å². The van der Waals surface area contributed by atoms with Crippen LogP contribution in [0.2, 0.25) is 0 Å². The minimum absolute atomic E-state index is 0.359. The highest BCUT2D eigenvalue weighted by molar-refractivity contribution is 5.17. The van der Waals surface area contributed by atoms with Crippen molar-refractivity contribution in [1.82, 2.24) is 0 Å². The lowest BCUT2D eigenvalue weighted by atomic mass is 9.73. The van der Waals surface area contributed by atoms with Crippen LogP contribution in [0, 0.1) is 5.41 Å². The van der Waals surface area contributed by atoms with Gasteiger partial charge in [-0.2, -0.15) is 0 Å². The van der Waals surface area contributed by atoms with Crippen LogP contribution in [-0.2, 0) is 0 Å². The predicted octanol–water partition coefficient (Wildman–Crippen LogP) is 4.17. The number of nitrogens with two attached hydrogens (primary N) is 1. The van der Waals surface area contributed by atoms with Gasteiger partial charge in [-0.3, -0.25) is 0 Å². The molecule has 0 spiro atoms. The molecule has 1 heteroatoms. The molecule has 1 unspecified atom stereocenters. The maximum atomic E-state index is 6.60. The van der Waals surface area contributed by atoms with Crippen molar-refractivity contribution in [3.05, 3.63) is 11.6 Å². The van der Waals surface area contributed by atoms with Crippen molar-refractivity contribution >= 4 is 0 Å². The van der Waals surface area contributed by atoms with Gasteiger partial charge in [0.05, 0.1) is 0 Å². The number of hydrogen-bond donors (Lipinski definition) is 1. The minimum atomic E-state index is 0.359. The quantitative estimate of drug-likeness (QED) is 0.711. The molecule has 0 radical (unpaired) electrons. The topological polar surface area (TPSA) is 26.0 Å². The van der Waals surface area contributed by atoms with Crippen LogP contribution in [0.3, 0.4) is 0 Å². The Morgan fingerprint density at radius 1 is 1.19 bits per heavy atom. The smallest absolute Gasteiger partial charge is 0.0310 e. The first kappa shape index (κ1) is 12.2. The molecule has 0 aliphatic heterocycles. The molecule has 16 heavy (non-hydrogen) atoms. The highest BCUT2D eigenvalue weighted by Crippen LogP contribution is 2.46. The van der Waals surface area contributed by atoms with Gasteiger partial charge in [0.2, 0.25) is 0 Å². The molecule has 0 saturated heterocycles. The van der Waals surface area contributed by atoms with Gasteiger partial charge in [-0.15, -0.1) is 0 Å². The molecule has 0 bridgehead atoms. The van der Waals surface area contributed by atoms with Crippen molar-refractivity contribution in [3.8, 4) is 0 Å². The van der Waals surface area contributed by atoms with Crippen molar-refractivity contribution in [1.29, 1.82) is 0 Å². The molecule has 2 aliphatic rings. The highest BCUT2D eigenvalue weighted by Gasteiger charge is 2.39. The third-order valence-electron chi connectivity index (χ3n) is 4.94. The molecule has 0 amide bonds. The zero-order chi connectivity index (χ0) is 11.4. The monoisotopic (exact) mass is 221 g/mol. The van der Waals surface area contributed by atoms with Crippen LogP contribution in [0.25, 0.3) is 0 Å². The van der Waals surface area contributed by atoms with E-state index in [4.69, 9.17) is 5.73 Å². The molecular weight excluding hydrogens is 194 g/mol. The van der Waals surface area contributed by atoms with Crippen LogP contribution < -0.4 is 5.73 Å². The lowest BCUT2D eigenvalue weighted by Gasteiger charge is -2.36.